The number of aromatic nitrogens is 1. The van der Waals surface area contributed by atoms with Crippen LogP contribution < -0.4 is 14.8 Å². The molecule has 27 heavy (non-hydrogen) atoms. The van der Waals surface area contributed by atoms with Crippen molar-refractivity contribution in [3.05, 3.63) is 60.0 Å². The molecule has 3 rings (SSSR count). The Morgan fingerprint density at radius 2 is 1.85 bits per heavy atom. The number of para-hydroxylation sites is 2. The molecular weight excluding hydrogens is 364 g/mol. The molecule has 2 aromatic carbocycles. The van der Waals surface area contributed by atoms with Crippen molar-refractivity contribution in [2.24, 2.45) is 0 Å². The molecule has 0 fully saturated rings. The molecule has 6 nitrogen and oxygen atoms in total. The molecule has 0 aliphatic rings. The summed E-state index contributed by atoms with van der Waals surface area (Å²) >= 11 is 1.35. The fourth-order valence-electron chi connectivity index (χ4n) is 2.37. The molecule has 0 saturated carbocycles. The third kappa shape index (κ3) is 5.54. The van der Waals surface area contributed by atoms with Crippen LogP contribution in [0.2, 0.25) is 0 Å². The van der Waals surface area contributed by atoms with E-state index in [2.05, 4.69) is 10.3 Å². The number of amides is 1. The number of thiazole rings is 1. The summed E-state index contributed by atoms with van der Waals surface area (Å²) in [5.41, 5.74) is 1.64. The van der Waals surface area contributed by atoms with Crippen molar-refractivity contribution >= 4 is 22.4 Å². The molecule has 1 aromatic heterocycles. The molecule has 0 aliphatic carbocycles. The van der Waals surface area contributed by atoms with Crippen molar-refractivity contribution < 1.29 is 19.0 Å². The van der Waals surface area contributed by atoms with Gasteiger partial charge in [-0.05, 0) is 24.3 Å². The molecule has 1 amide bonds. The first-order chi connectivity index (χ1) is 13.3. The van der Waals surface area contributed by atoms with Gasteiger partial charge in [-0.1, -0.05) is 30.3 Å². The van der Waals surface area contributed by atoms with E-state index in [1.54, 1.807) is 7.11 Å². The number of carbonyl (C=O) groups is 1. The van der Waals surface area contributed by atoms with E-state index in [-0.39, 0.29) is 12.5 Å². The second kappa shape index (κ2) is 9.70. The number of hydrogen-bond donors (Lipinski definition) is 1. The first-order valence-electron chi connectivity index (χ1n) is 8.40. The third-order valence-corrected chi connectivity index (χ3v) is 4.36. The number of hydrogen-bond acceptors (Lipinski definition) is 6. The minimum Gasteiger partial charge on any atom is -0.496 e. The van der Waals surface area contributed by atoms with Crippen LogP contribution in [0, 0.1) is 0 Å². The normalized spacial score (nSPS) is 10.4. The van der Waals surface area contributed by atoms with E-state index in [1.165, 1.54) is 11.3 Å². The number of methoxy groups -OCH3 is 1. The molecular formula is C20H20N2O4S. The van der Waals surface area contributed by atoms with Crippen molar-refractivity contribution in [1.82, 2.24) is 4.98 Å². The molecule has 1 N–H and O–H groups in total. The smallest absolute Gasteiger partial charge is 0.252 e. The Bertz CT molecular complexity index is 867. The van der Waals surface area contributed by atoms with Crippen LogP contribution in [0.25, 0.3) is 11.3 Å². The summed E-state index contributed by atoms with van der Waals surface area (Å²) in [7, 11) is 1.62. The van der Waals surface area contributed by atoms with Gasteiger partial charge >= 0.3 is 0 Å². The Morgan fingerprint density at radius 1 is 1.07 bits per heavy atom. The lowest BCUT2D eigenvalue weighted by atomic mass is 10.1. The highest BCUT2D eigenvalue weighted by molar-refractivity contribution is 7.14. The largest absolute Gasteiger partial charge is 0.496 e. The predicted molar refractivity (Wildman–Crippen MR) is 105 cm³/mol. The SMILES string of the molecule is COc1ccccc1-c1csc(NC(=O)COCCOc2ccccc2)n1. The van der Waals surface area contributed by atoms with Crippen molar-refractivity contribution in [2.75, 3.05) is 32.2 Å². The zero-order valence-electron chi connectivity index (χ0n) is 14.9. The maximum Gasteiger partial charge on any atom is 0.252 e. The third-order valence-electron chi connectivity index (χ3n) is 3.61. The van der Waals surface area contributed by atoms with Crippen molar-refractivity contribution in [3.63, 3.8) is 0 Å². The van der Waals surface area contributed by atoms with Crippen LogP contribution in [0.4, 0.5) is 5.13 Å². The highest BCUT2D eigenvalue weighted by atomic mass is 32.1. The number of benzene rings is 2. The van der Waals surface area contributed by atoms with E-state index in [0.717, 1.165) is 22.8 Å². The van der Waals surface area contributed by atoms with Crippen LogP contribution in [0.1, 0.15) is 0 Å². The molecule has 140 valence electrons. The fourth-order valence-corrected chi connectivity index (χ4v) is 3.09. The average molecular weight is 384 g/mol. The van der Waals surface area contributed by atoms with Crippen LogP contribution in [0.15, 0.2) is 60.0 Å². The summed E-state index contributed by atoms with van der Waals surface area (Å²) < 4.78 is 16.2. The summed E-state index contributed by atoms with van der Waals surface area (Å²) in [5, 5.41) is 5.14. The molecule has 0 bridgehead atoms. The van der Waals surface area contributed by atoms with Crippen LogP contribution in [0.5, 0.6) is 11.5 Å². The van der Waals surface area contributed by atoms with E-state index in [0.29, 0.717) is 18.3 Å². The Labute approximate surface area is 161 Å². The van der Waals surface area contributed by atoms with Gasteiger partial charge in [-0.25, -0.2) is 4.98 Å². The monoisotopic (exact) mass is 384 g/mol. The molecule has 0 saturated heterocycles. The average Bonchev–Trinajstić information content (AvgIpc) is 3.16. The molecule has 0 aliphatic heterocycles. The van der Waals surface area contributed by atoms with E-state index in [9.17, 15) is 4.79 Å². The Kier molecular flexibility index (Phi) is 6.78. The number of anilines is 1. The van der Waals surface area contributed by atoms with Gasteiger partial charge in [0.2, 0.25) is 0 Å². The molecule has 0 atom stereocenters. The summed E-state index contributed by atoms with van der Waals surface area (Å²) in [5.74, 6) is 1.26. The van der Waals surface area contributed by atoms with Crippen LogP contribution in [0.3, 0.4) is 0 Å². The first-order valence-corrected chi connectivity index (χ1v) is 9.28. The maximum absolute atomic E-state index is 12.0. The highest BCUT2D eigenvalue weighted by Gasteiger charge is 2.11. The lowest BCUT2D eigenvalue weighted by molar-refractivity contribution is -0.120. The van der Waals surface area contributed by atoms with Crippen LogP contribution in [-0.2, 0) is 9.53 Å². The number of carbonyl (C=O) groups excluding carboxylic acids is 1. The number of nitrogens with one attached hydrogen (secondary N) is 1. The quantitative estimate of drug-likeness (QED) is 0.568. The lowest BCUT2D eigenvalue weighted by Gasteiger charge is -2.07. The van der Waals surface area contributed by atoms with Gasteiger partial charge in [0.25, 0.3) is 5.91 Å². The van der Waals surface area contributed by atoms with Gasteiger partial charge < -0.3 is 14.2 Å². The first kappa shape index (κ1) is 18.9. The van der Waals surface area contributed by atoms with Gasteiger partial charge in [-0.2, -0.15) is 0 Å². The zero-order valence-corrected chi connectivity index (χ0v) is 15.7. The Morgan fingerprint density at radius 3 is 2.67 bits per heavy atom. The zero-order chi connectivity index (χ0) is 18.9. The van der Waals surface area contributed by atoms with E-state index >= 15 is 0 Å². The Hall–Kier alpha value is -2.90. The second-order valence-electron chi connectivity index (χ2n) is 5.50. The molecule has 1 heterocycles. The molecule has 0 radical (unpaired) electrons. The van der Waals surface area contributed by atoms with Gasteiger partial charge in [0.1, 0.15) is 24.7 Å². The van der Waals surface area contributed by atoms with Crippen LogP contribution >= 0.6 is 11.3 Å². The molecule has 7 heteroatoms. The van der Waals surface area contributed by atoms with Crippen LogP contribution in [-0.4, -0.2) is 37.8 Å². The number of ether oxygens (including phenoxy) is 3. The Balaban J connectivity index is 1.43. The van der Waals surface area contributed by atoms with E-state index in [4.69, 9.17) is 14.2 Å². The number of nitrogens with zero attached hydrogens (tertiary/aromatic N) is 1. The highest BCUT2D eigenvalue weighted by Crippen LogP contribution is 2.31. The molecule has 0 spiro atoms. The van der Waals surface area contributed by atoms with Gasteiger partial charge in [-0.15, -0.1) is 11.3 Å². The minimum absolute atomic E-state index is 0.0538. The predicted octanol–water partition coefficient (Wildman–Crippen LogP) is 3.85. The standard InChI is InChI=1S/C20H20N2O4S/c1-24-18-10-6-5-9-16(18)17-14-27-20(21-17)22-19(23)13-25-11-12-26-15-7-3-2-4-8-15/h2-10,14H,11-13H2,1H3,(H,21,22,23). The maximum atomic E-state index is 12.0. The van der Waals surface area contributed by atoms with Crippen molar-refractivity contribution in [2.45, 2.75) is 0 Å². The summed E-state index contributed by atoms with van der Waals surface area (Å²) in [6, 6.07) is 17.1. The fraction of sp³-hybridized carbons (Fsp3) is 0.200. The van der Waals surface area contributed by atoms with Gasteiger partial charge in [0.15, 0.2) is 5.13 Å². The summed E-state index contributed by atoms with van der Waals surface area (Å²) in [4.78, 5) is 16.4. The van der Waals surface area contributed by atoms with Gasteiger partial charge in [-0.3, -0.25) is 10.1 Å². The van der Waals surface area contributed by atoms with Crippen molar-refractivity contribution in [3.8, 4) is 22.8 Å². The molecule has 0 unspecified atom stereocenters. The summed E-state index contributed by atoms with van der Waals surface area (Å²) in [6.07, 6.45) is 0. The van der Waals surface area contributed by atoms with E-state index < -0.39 is 0 Å². The molecule has 3 aromatic rings. The van der Waals surface area contributed by atoms with Gasteiger partial charge in [0.05, 0.1) is 19.4 Å². The number of rotatable bonds is 9. The van der Waals surface area contributed by atoms with Crippen molar-refractivity contribution in [1.29, 1.82) is 0 Å². The minimum atomic E-state index is -0.254. The summed E-state index contributed by atoms with van der Waals surface area (Å²) in [6.45, 7) is 0.654. The topological polar surface area (TPSA) is 69.7 Å². The second-order valence-corrected chi connectivity index (χ2v) is 6.36. The van der Waals surface area contributed by atoms with Gasteiger partial charge in [0, 0.05) is 10.9 Å². The van der Waals surface area contributed by atoms with E-state index in [1.807, 2.05) is 60.0 Å². The lowest BCUT2D eigenvalue weighted by Crippen LogP contribution is -2.20.